The lowest BCUT2D eigenvalue weighted by molar-refractivity contribution is -0.133. The van der Waals surface area contributed by atoms with Crippen LogP contribution in [0.2, 0.25) is 10.0 Å². The Labute approximate surface area is 217 Å². The molecule has 184 valence electrons. The molecule has 4 rings (SSSR count). The van der Waals surface area contributed by atoms with Gasteiger partial charge in [-0.1, -0.05) is 53.5 Å². The standard InChI is InChI=1S/C26H22Cl2N4O4/c1-14-7-4-10-18(15(14)2)29-24(33)20-13-16-8-5-12-21(36-3)23(16)32(20)31-26(35)25(34)30-19-11-6-9-17(27)22(19)28/h4-13H,1-3H3,(H,29,33)(H,30,34)(H,31,35). The lowest BCUT2D eigenvalue weighted by Gasteiger charge is -2.15. The molecule has 3 N–H and O–H groups in total. The Kier molecular flexibility index (Phi) is 7.19. The molecule has 10 heteroatoms. The zero-order valence-corrected chi connectivity index (χ0v) is 21.1. The van der Waals surface area contributed by atoms with Gasteiger partial charge in [0.15, 0.2) is 0 Å². The number of amides is 3. The molecule has 3 amide bonds. The predicted molar refractivity (Wildman–Crippen MR) is 142 cm³/mol. The molecule has 0 spiro atoms. The number of aromatic nitrogens is 1. The number of hydrogen-bond donors (Lipinski definition) is 3. The topological polar surface area (TPSA) is 101 Å². The fourth-order valence-corrected chi connectivity index (χ4v) is 4.03. The first kappa shape index (κ1) is 25.1. The van der Waals surface area contributed by atoms with E-state index in [1.807, 2.05) is 26.0 Å². The molecule has 0 fully saturated rings. The quantitative estimate of drug-likeness (QED) is 0.298. The van der Waals surface area contributed by atoms with Crippen molar-refractivity contribution in [2.24, 2.45) is 0 Å². The third-order valence-electron chi connectivity index (χ3n) is 5.71. The minimum atomic E-state index is -1.03. The summed E-state index contributed by atoms with van der Waals surface area (Å²) in [5.74, 6) is -2.12. The predicted octanol–water partition coefficient (Wildman–Crippen LogP) is 5.53. The number of ether oxygens (including phenoxy) is 1. The summed E-state index contributed by atoms with van der Waals surface area (Å²) in [6, 6.07) is 17.0. The largest absolute Gasteiger partial charge is 0.494 e. The van der Waals surface area contributed by atoms with Gasteiger partial charge in [-0.15, -0.1) is 0 Å². The van der Waals surface area contributed by atoms with Gasteiger partial charge in [-0.25, -0.2) is 4.68 Å². The maximum Gasteiger partial charge on any atom is 0.328 e. The second-order valence-electron chi connectivity index (χ2n) is 7.96. The number of carbonyl (C=O) groups is 3. The molecule has 0 unspecified atom stereocenters. The van der Waals surface area contributed by atoms with Gasteiger partial charge in [-0.05, 0) is 55.3 Å². The number of carbonyl (C=O) groups excluding carboxylic acids is 3. The molecule has 36 heavy (non-hydrogen) atoms. The van der Waals surface area contributed by atoms with Crippen molar-refractivity contribution in [1.29, 1.82) is 0 Å². The highest BCUT2D eigenvalue weighted by Crippen LogP contribution is 2.30. The van der Waals surface area contributed by atoms with E-state index >= 15 is 0 Å². The Hall–Kier alpha value is -4.01. The molecule has 4 aromatic rings. The summed E-state index contributed by atoms with van der Waals surface area (Å²) in [5, 5.41) is 6.25. The summed E-state index contributed by atoms with van der Waals surface area (Å²) in [6.45, 7) is 3.84. The van der Waals surface area contributed by atoms with E-state index in [1.165, 1.54) is 17.9 Å². The lowest BCUT2D eigenvalue weighted by atomic mass is 10.1. The number of halogens is 2. The minimum absolute atomic E-state index is 0.0948. The Balaban J connectivity index is 1.69. The highest BCUT2D eigenvalue weighted by molar-refractivity contribution is 6.46. The van der Waals surface area contributed by atoms with Crippen molar-refractivity contribution in [3.63, 3.8) is 0 Å². The molecule has 0 aliphatic carbocycles. The fraction of sp³-hybridized carbons (Fsp3) is 0.115. The summed E-state index contributed by atoms with van der Waals surface area (Å²) in [4.78, 5) is 38.9. The van der Waals surface area contributed by atoms with Crippen LogP contribution in [0.4, 0.5) is 11.4 Å². The first-order valence-electron chi connectivity index (χ1n) is 10.8. The van der Waals surface area contributed by atoms with Crippen molar-refractivity contribution in [3.05, 3.63) is 87.5 Å². The molecule has 0 aliphatic heterocycles. The first-order valence-corrected chi connectivity index (χ1v) is 11.6. The van der Waals surface area contributed by atoms with Gasteiger partial charge in [-0.2, -0.15) is 0 Å². The van der Waals surface area contributed by atoms with Crippen molar-refractivity contribution in [1.82, 2.24) is 4.68 Å². The number of fused-ring (bicyclic) bond motifs is 1. The van der Waals surface area contributed by atoms with E-state index in [1.54, 1.807) is 42.5 Å². The van der Waals surface area contributed by atoms with E-state index in [9.17, 15) is 14.4 Å². The second-order valence-corrected chi connectivity index (χ2v) is 8.75. The zero-order valence-electron chi connectivity index (χ0n) is 19.6. The van der Waals surface area contributed by atoms with E-state index < -0.39 is 17.7 Å². The lowest BCUT2D eigenvalue weighted by Crippen LogP contribution is -2.36. The van der Waals surface area contributed by atoms with Gasteiger partial charge >= 0.3 is 11.8 Å². The van der Waals surface area contributed by atoms with Crippen molar-refractivity contribution in [3.8, 4) is 5.75 Å². The van der Waals surface area contributed by atoms with Crippen LogP contribution in [0, 0.1) is 13.8 Å². The van der Waals surface area contributed by atoms with Crippen molar-refractivity contribution in [2.45, 2.75) is 13.8 Å². The van der Waals surface area contributed by atoms with Crippen LogP contribution in [-0.4, -0.2) is 29.5 Å². The van der Waals surface area contributed by atoms with E-state index in [0.29, 0.717) is 22.3 Å². The van der Waals surface area contributed by atoms with Crippen LogP contribution in [0.1, 0.15) is 21.6 Å². The average Bonchev–Trinajstić information content (AvgIpc) is 3.23. The molecular weight excluding hydrogens is 503 g/mol. The molecule has 0 radical (unpaired) electrons. The summed E-state index contributed by atoms with van der Waals surface area (Å²) >= 11 is 12.1. The SMILES string of the molecule is COc1cccc2cc(C(=O)Nc3cccc(C)c3C)n(NC(=O)C(=O)Nc3cccc(Cl)c3Cl)c12. The smallest absolute Gasteiger partial charge is 0.328 e. The Morgan fingerprint density at radius 2 is 1.56 bits per heavy atom. The van der Waals surface area contributed by atoms with Crippen LogP contribution in [0.15, 0.2) is 60.7 Å². The molecule has 1 heterocycles. The Bertz CT molecular complexity index is 1510. The van der Waals surface area contributed by atoms with Crippen LogP contribution < -0.4 is 20.8 Å². The summed E-state index contributed by atoms with van der Waals surface area (Å²) in [7, 11) is 1.47. The van der Waals surface area contributed by atoms with Crippen LogP contribution in [-0.2, 0) is 9.59 Å². The number of aryl methyl sites for hydroxylation is 1. The third kappa shape index (κ3) is 4.86. The molecule has 3 aromatic carbocycles. The number of nitrogens with one attached hydrogen (secondary N) is 3. The molecule has 8 nitrogen and oxygen atoms in total. The summed E-state index contributed by atoms with van der Waals surface area (Å²) < 4.78 is 6.68. The van der Waals surface area contributed by atoms with Gasteiger partial charge in [0.2, 0.25) is 0 Å². The summed E-state index contributed by atoms with van der Waals surface area (Å²) in [6.07, 6.45) is 0. The molecule has 0 aliphatic rings. The van der Waals surface area contributed by atoms with Crippen LogP contribution >= 0.6 is 23.2 Å². The number of para-hydroxylation sites is 1. The number of benzene rings is 3. The molecule has 0 bridgehead atoms. The van der Waals surface area contributed by atoms with E-state index in [0.717, 1.165) is 11.1 Å². The third-order valence-corrected chi connectivity index (χ3v) is 6.53. The van der Waals surface area contributed by atoms with Gasteiger partial charge in [0.05, 0.1) is 22.8 Å². The Morgan fingerprint density at radius 1 is 0.861 bits per heavy atom. The number of nitrogens with zero attached hydrogens (tertiary/aromatic N) is 1. The first-order chi connectivity index (χ1) is 17.2. The molecule has 0 saturated carbocycles. The number of methoxy groups -OCH3 is 1. The second kappa shape index (κ2) is 10.3. The summed E-state index contributed by atoms with van der Waals surface area (Å²) in [5.41, 5.74) is 5.73. The van der Waals surface area contributed by atoms with Crippen molar-refractivity contribution >= 4 is 63.2 Å². The van der Waals surface area contributed by atoms with Gasteiger partial charge in [0.1, 0.15) is 17.0 Å². The average molecular weight is 525 g/mol. The molecule has 0 saturated heterocycles. The van der Waals surface area contributed by atoms with E-state index in [2.05, 4.69) is 16.1 Å². The highest BCUT2D eigenvalue weighted by atomic mass is 35.5. The van der Waals surface area contributed by atoms with Crippen LogP contribution in [0.25, 0.3) is 10.9 Å². The monoisotopic (exact) mass is 524 g/mol. The number of anilines is 2. The normalized spacial score (nSPS) is 10.7. The minimum Gasteiger partial charge on any atom is -0.494 e. The molecule has 0 atom stereocenters. The van der Waals surface area contributed by atoms with Gasteiger partial charge < -0.3 is 15.4 Å². The van der Waals surface area contributed by atoms with Gasteiger partial charge in [-0.3, -0.25) is 19.8 Å². The fourth-order valence-electron chi connectivity index (χ4n) is 3.68. The number of hydrogen-bond acceptors (Lipinski definition) is 4. The maximum atomic E-state index is 13.3. The van der Waals surface area contributed by atoms with Gasteiger partial charge in [0, 0.05) is 11.1 Å². The zero-order chi connectivity index (χ0) is 26.0. The van der Waals surface area contributed by atoms with Gasteiger partial charge in [0.25, 0.3) is 5.91 Å². The van der Waals surface area contributed by atoms with Crippen LogP contribution in [0.3, 0.4) is 0 Å². The Morgan fingerprint density at radius 3 is 2.31 bits per heavy atom. The maximum absolute atomic E-state index is 13.3. The number of rotatable bonds is 5. The van der Waals surface area contributed by atoms with Crippen LogP contribution in [0.5, 0.6) is 5.75 Å². The van der Waals surface area contributed by atoms with Crippen molar-refractivity contribution < 1.29 is 19.1 Å². The molecule has 1 aromatic heterocycles. The van der Waals surface area contributed by atoms with Crippen molar-refractivity contribution in [2.75, 3.05) is 23.2 Å². The highest BCUT2D eigenvalue weighted by Gasteiger charge is 2.23. The molecular formula is C26H22Cl2N4O4. The van der Waals surface area contributed by atoms with E-state index in [4.69, 9.17) is 27.9 Å². The van der Waals surface area contributed by atoms with E-state index in [-0.39, 0.29) is 21.4 Å².